The minimum absolute atomic E-state index is 0.482. The second-order valence-corrected chi connectivity index (χ2v) is 5.10. The molecule has 0 radical (unpaired) electrons. The van der Waals surface area contributed by atoms with E-state index < -0.39 is 0 Å². The van der Waals surface area contributed by atoms with Crippen molar-refractivity contribution >= 4 is 34.6 Å². The summed E-state index contributed by atoms with van der Waals surface area (Å²) in [5, 5.41) is 3.31. The van der Waals surface area contributed by atoms with Gasteiger partial charge in [-0.1, -0.05) is 0 Å². The lowest BCUT2D eigenvalue weighted by atomic mass is 10.3. The normalized spacial score (nSPS) is 20.4. The van der Waals surface area contributed by atoms with Gasteiger partial charge in [-0.25, -0.2) is 0 Å². The van der Waals surface area contributed by atoms with Crippen LogP contribution in [0.4, 0.5) is 11.7 Å². The maximum atomic E-state index is 5.69. The highest BCUT2D eigenvalue weighted by Crippen LogP contribution is 2.24. The van der Waals surface area contributed by atoms with Crippen molar-refractivity contribution in [1.29, 1.82) is 0 Å². The summed E-state index contributed by atoms with van der Waals surface area (Å²) in [6, 6.07) is 6.60. The minimum Gasteiger partial charge on any atom is -0.423 e. The Morgan fingerprint density at radius 3 is 3.25 bits per heavy atom. The van der Waals surface area contributed by atoms with Gasteiger partial charge in [0, 0.05) is 23.5 Å². The van der Waals surface area contributed by atoms with Crippen molar-refractivity contribution in [3.05, 3.63) is 18.2 Å². The molecule has 0 saturated carbocycles. The van der Waals surface area contributed by atoms with E-state index in [1.165, 1.54) is 12.2 Å². The van der Waals surface area contributed by atoms with Gasteiger partial charge in [-0.2, -0.15) is 16.7 Å². The Hall–Kier alpha value is -1.36. The maximum Gasteiger partial charge on any atom is 0.295 e. The number of nitrogen functional groups attached to an aromatic ring is 1. The highest BCUT2D eigenvalue weighted by molar-refractivity contribution is 7.99. The molecule has 0 aliphatic carbocycles. The zero-order chi connectivity index (χ0) is 11.0. The molecule has 3 rings (SSSR count). The fourth-order valence-corrected chi connectivity index (χ4v) is 2.98. The smallest absolute Gasteiger partial charge is 0.295 e. The van der Waals surface area contributed by atoms with Crippen LogP contribution >= 0.6 is 11.8 Å². The summed E-state index contributed by atoms with van der Waals surface area (Å²) >= 11 is 1.96. The third kappa shape index (κ3) is 1.82. The van der Waals surface area contributed by atoms with Crippen LogP contribution in [0.25, 0.3) is 11.1 Å². The van der Waals surface area contributed by atoms with Crippen LogP contribution in [0.3, 0.4) is 0 Å². The molecule has 0 amide bonds. The quantitative estimate of drug-likeness (QED) is 0.782. The molecular weight excluding hydrogens is 222 g/mol. The number of nitrogens with one attached hydrogen (secondary N) is 1. The number of rotatable bonds is 2. The van der Waals surface area contributed by atoms with Gasteiger partial charge in [0.15, 0.2) is 5.58 Å². The van der Waals surface area contributed by atoms with E-state index in [0.29, 0.717) is 17.7 Å². The topological polar surface area (TPSA) is 64.1 Å². The van der Waals surface area contributed by atoms with Crippen LogP contribution in [0.2, 0.25) is 0 Å². The van der Waals surface area contributed by atoms with E-state index in [1.54, 1.807) is 6.07 Å². The summed E-state index contributed by atoms with van der Waals surface area (Å²) in [4.78, 5) is 4.37. The van der Waals surface area contributed by atoms with Crippen molar-refractivity contribution in [3.8, 4) is 0 Å². The number of nitrogens with zero attached hydrogens (tertiary/aromatic N) is 1. The molecule has 16 heavy (non-hydrogen) atoms. The number of hydrogen-bond donors (Lipinski definition) is 2. The van der Waals surface area contributed by atoms with Crippen molar-refractivity contribution in [2.75, 3.05) is 22.6 Å². The number of oxazole rings is 1. The molecule has 1 aromatic heterocycles. The average molecular weight is 235 g/mol. The van der Waals surface area contributed by atoms with Crippen molar-refractivity contribution in [2.45, 2.75) is 12.5 Å². The lowest BCUT2D eigenvalue weighted by Crippen LogP contribution is -2.18. The largest absolute Gasteiger partial charge is 0.423 e. The van der Waals surface area contributed by atoms with E-state index in [1.807, 2.05) is 23.9 Å². The first-order chi connectivity index (χ1) is 7.81. The Balaban J connectivity index is 1.86. The van der Waals surface area contributed by atoms with E-state index in [-0.39, 0.29) is 0 Å². The van der Waals surface area contributed by atoms with Gasteiger partial charge in [-0.3, -0.25) is 0 Å². The predicted molar refractivity (Wildman–Crippen MR) is 67.8 cm³/mol. The van der Waals surface area contributed by atoms with Gasteiger partial charge < -0.3 is 15.5 Å². The highest BCUT2D eigenvalue weighted by atomic mass is 32.2. The van der Waals surface area contributed by atoms with Gasteiger partial charge in [0.2, 0.25) is 0 Å². The lowest BCUT2D eigenvalue weighted by Gasteiger charge is -2.07. The number of hydrogen-bond acceptors (Lipinski definition) is 5. The van der Waals surface area contributed by atoms with Crippen LogP contribution in [0.5, 0.6) is 0 Å². The number of anilines is 2. The number of nitrogens with two attached hydrogens (primary N) is 1. The second kappa shape index (κ2) is 3.90. The van der Waals surface area contributed by atoms with Gasteiger partial charge in [0.25, 0.3) is 6.01 Å². The van der Waals surface area contributed by atoms with Gasteiger partial charge >= 0.3 is 0 Å². The zero-order valence-corrected chi connectivity index (χ0v) is 9.59. The van der Waals surface area contributed by atoms with Crippen LogP contribution in [0.1, 0.15) is 6.42 Å². The van der Waals surface area contributed by atoms with Crippen molar-refractivity contribution in [3.63, 3.8) is 0 Å². The molecule has 1 fully saturated rings. The monoisotopic (exact) mass is 235 g/mol. The van der Waals surface area contributed by atoms with E-state index in [0.717, 1.165) is 16.9 Å². The highest BCUT2D eigenvalue weighted by Gasteiger charge is 2.17. The molecule has 1 saturated heterocycles. The molecule has 1 aliphatic heterocycles. The molecule has 2 aromatic rings. The molecule has 3 N–H and O–H groups in total. The maximum absolute atomic E-state index is 5.69. The summed E-state index contributed by atoms with van der Waals surface area (Å²) in [5.74, 6) is 2.34. The van der Waals surface area contributed by atoms with Crippen LogP contribution in [-0.4, -0.2) is 22.5 Å². The zero-order valence-electron chi connectivity index (χ0n) is 8.77. The Morgan fingerprint density at radius 1 is 1.50 bits per heavy atom. The molecule has 1 atom stereocenters. The first kappa shape index (κ1) is 9.84. The lowest BCUT2D eigenvalue weighted by molar-refractivity contribution is 0.601. The standard InChI is InChI=1S/C11H13N3OS/c12-7-1-2-9-10(5-7)15-11(14-9)13-8-3-4-16-6-8/h1-2,5,8H,3-4,6,12H2,(H,13,14). The molecule has 4 nitrogen and oxygen atoms in total. The van der Waals surface area contributed by atoms with Crippen LogP contribution in [0.15, 0.2) is 22.6 Å². The average Bonchev–Trinajstić information content (AvgIpc) is 2.86. The predicted octanol–water partition coefficient (Wildman–Crippen LogP) is 2.33. The number of benzene rings is 1. The summed E-state index contributed by atoms with van der Waals surface area (Å²) in [5.41, 5.74) is 7.98. The van der Waals surface area contributed by atoms with E-state index in [4.69, 9.17) is 10.2 Å². The molecule has 84 valence electrons. The molecular formula is C11H13N3OS. The molecule has 1 aromatic carbocycles. The van der Waals surface area contributed by atoms with Crippen LogP contribution in [0, 0.1) is 0 Å². The summed E-state index contributed by atoms with van der Waals surface area (Å²) < 4.78 is 5.60. The van der Waals surface area contributed by atoms with Crippen LogP contribution in [-0.2, 0) is 0 Å². The fourth-order valence-electron chi connectivity index (χ4n) is 1.83. The fraction of sp³-hybridized carbons (Fsp3) is 0.364. The van der Waals surface area contributed by atoms with E-state index >= 15 is 0 Å². The molecule has 5 heteroatoms. The molecule has 0 bridgehead atoms. The third-order valence-corrected chi connectivity index (χ3v) is 3.83. The Bertz CT molecular complexity index is 505. The molecule has 1 aliphatic rings. The summed E-state index contributed by atoms with van der Waals surface area (Å²) in [6.07, 6.45) is 1.17. The van der Waals surface area contributed by atoms with Gasteiger partial charge in [0.05, 0.1) is 0 Å². The second-order valence-electron chi connectivity index (χ2n) is 3.95. The summed E-state index contributed by atoms with van der Waals surface area (Å²) in [6.45, 7) is 0. The minimum atomic E-state index is 0.482. The van der Waals surface area contributed by atoms with Crippen molar-refractivity contribution in [1.82, 2.24) is 4.98 Å². The molecule has 1 unspecified atom stereocenters. The van der Waals surface area contributed by atoms with Crippen molar-refractivity contribution in [2.24, 2.45) is 0 Å². The Morgan fingerprint density at radius 2 is 2.44 bits per heavy atom. The summed E-state index contributed by atoms with van der Waals surface area (Å²) in [7, 11) is 0. The Labute approximate surface area is 97.6 Å². The molecule has 0 spiro atoms. The molecule has 2 heterocycles. The van der Waals surface area contributed by atoms with E-state index in [9.17, 15) is 0 Å². The SMILES string of the molecule is Nc1ccc2nc(NC3CCSC3)oc2c1. The number of fused-ring (bicyclic) bond motifs is 1. The van der Waals surface area contributed by atoms with Crippen molar-refractivity contribution < 1.29 is 4.42 Å². The first-order valence-corrected chi connectivity index (χ1v) is 6.47. The van der Waals surface area contributed by atoms with Gasteiger partial charge in [-0.05, 0) is 24.3 Å². The van der Waals surface area contributed by atoms with Gasteiger partial charge in [-0.15, -0.1) is 0 Å². The third-order valence-electron chi connectivity index (χ3n) is 2.67. The van der Waals surface area contributed by atoms with E-state index in [2.05, 4.69) is 10.3 Å². The first-order valence-electron chi connectivity index (χ1n) is 5.31. The van der Waals surface area contributed by atoms with Crippen LogP contribution < -0.4 is 11.1 Å². The van der Waals surface area contributed by atoms with Gasteiger partial charge in [0.1, 0.15) is 5.52 Å². The number of aromatic nitrogens is 1. The number of thioether (sulfide) groups is 1. The Kier molecular flexibility index (Phi) is 2.40.